The first-order chi connectivity index (χ1) is 15.4. The quantitative estimate of drug-likeness (QED) is 0.379. The Labute approximate surface area is 188 Å². The minimum Gasteiger partial charge on any atom is -0.407 e. The highest BCUT2D eigenvalue weighted by molar-refractivity contribution is 6.30. The lowest BCUT2D eigenvalue weighted by molar-refractivity contribution is -0.175. The van der Waals surface area contributed by atoms with Gasteiger partial charge in [0, 0.05) is 41.1 Å². The van der Waals surface area contributed by atoms with Crippen molar-refractivity contribution in [2.24, 2.45) is 0 Å². The van der Waals surface area contributed by atoms with Crippen LogP contribution in [0.1, 0.15) is 17.7 Å². The number of aliphatic hydroxyl groups is 1. The lowest BCUT2D eigenvalue weighted by atomic mass is 10.2. The Hall–Kier alpha value is -3.31. The number of carbonyl (C=O) groups is 2. The first kappa shape index (κ1) is 22.9. The summed E-state index contributed by atoms with van der Waals surface area (Å²) in [6.07, 6.45) is -5.94. The molecule has 0 radical (unpaired) electrons. The fourth-order valence-corrected chi connectivity index (χ4v) is 3.79. The molecule has 1 aromatic heterocycles. The van der Waals surface area contributed by atoms with Crippen LogP contribution in [0.15, 0.2) is 42.5 Å². The molecule has 1 aliphatic rings. The van der Waals surface area contributed by atoms with Crippen LogP contribution in [0.4, 0.5) is 28.0 Å². The molecule has 1 aliphatic heterocycles. The lowest BCUT2D eigenvalue weighted by Gasteiger charge is -2.22. The van der Waals surface area contributed by atoms with Crippen molar-refractivity contribution in [2.75, 3.05) is 11.4 Å². The van der Waals surface area contributed by atoms with Gasteiger partial charge >= 0.3 is 12.3 Å². The van der Waals surface area contributed by atoms with E-state index in [0.717, 1.165) is 23.1 Å². The lowest BCUT2D eigenvalue weighted by Crippen LogP contribution is -2.46. The summed E-state index contributed by atoms with van der Waals surface area (Å²) < 4.78 is 57.0. The third-order valence-electron chi connectivity index (χ3n) is 5.10. The van der Waals surface area contributed by atoms with E-state index in [2.05, 4.69) is 10.3 Å². The van der Waals surface area contributed by atoms with E-state index in [1.807, 2.05) is 0 Å². The number of H-pyrrole nitrogens is 1. The van der Waals surface area contributed by atoms with Crippen LogP contribution < -0.4 is 10.2 Å². The first-order valence-corrected chi connectivity index (χ1v) is 9.98. The number of rotatable bonds is 4. The van der Waals surface area contributed by atoms with Gasteiger partial charge in [-0.2, -0.15) is 13.2 Å². The molecule has 3 N–H and O–H groups in total. The predicted molar refractivity (Wildman–Crippen MR) is 110 cm³/mol. The van der Waals surface area contributed by atoms with Crippen LogP contribution in [0.25, 0.3) is 10.9 Å². The van der Waals surface area contributed by atoms with Crippen molar-refractivity contribution in [1.29, 1.82) is 0 Å². The SMILES string of the molecule is O=C(NCc1cc(F)cc(Cl)c1)OC1(O)CCN(c2ccc3[nH]c(C(F)(F)F)cc3c2)C1=O. The van der Waals surface area contributed by atoms with Gasteiger partial charge in [-0.3, -0.25) is 4.79 Å². The number of carbonyl (C=O) groups excluding carboxylic acids is 2. The molecule has 3 aromatic rings. The van der Waals surface area contributed by atoms with Crippen LogP contribution in [0.5, 0.6) is 0 Å². The fraction of sp³-hybridized carbons (Fsp3) is 0.238. The van der Waals surface area contributed by atoms with Crippen molar-refractivity contribution < 1.29 is 37.0 Å². The number of halogens is 5. The number of ether oxygens (including phenoxy) is 1. The van der Waals surface area contributed by atoms with Crippen LogP contribution in [-0.4, -0.2) is 34.4 Å². The van der Waals surface area contributed by atoms with Crippen molar-refractivity contribution >= 4 is 40.2 Å². The van der Waals surface area contributed by atoms with Crippen molar-refractivity contribution in [1.82, 2.24) is 10.3 Å². The van der Waals surface area contributed by atoms with Gasteiger partial charge in [0.25, 0.3) is 11.7 Å². The summed E-state index contributed by atoms with van der Waals surface area (Å²) in [6.45, 7) is -0.208. The van der Waals surface area contributed by atoms with Gasteiger partial charge in [-0.05, 0) is 48.0 Å². The summed E-state index contributed by atoms with van der Waals surface area (Å²) in [5, 5.41) is 13.2. The van der Waals surface area contributed by atoms with E-state index >= 15 is 0 Å². The summed E-state index contributed by atoms with van der Waals surface area (Å²) in [5.41, 5.74) is -0.143. The smallest absolute Gasteiger partial charge is 0.407 e. The predicted octanol–water partition coefficient (Wildman–Crippen LogP) is 4.33. The molecule has 12 heteroatoms. The van der Waals surface area contributed by atoms with Gasteiger partial charge in [0.2, 0.25) is 0 Å². The summed E-state index contributed by atoms with van der Waals surface area (Å²) in [4.78, 5) is 28.2. The first-order valence-electron chi connectivity index (χ1n) is 9.61. The van der Waals surface area contributed by atoms with Gasteiger partial charge < -0.3 is 25.0 Å². The van der Waals surface area contributed by atoms with E-state index in [1.165, 1.54) is 24.3 Å². The molecule has 7 nitrogen and oxygen atoms in total. The molecule has 0 saturated carbocycles. The number of alkyl carbamates (subject to hydrolysis) is 1. The Morgan fingerprint density at radius 2 is 2.00 bits per heavy atom. The maximum atomic E-state index is 13.4. The summed E-state index contributed by atoms with van der Waals surface area (Å²) >= 11 is 5.75. The van der Waals surface area contributed by atoms with Crippen molar-refractivity contribution in [3.63, 3.8) is 0 Å². The van der Waals surface area contributed by atoms with E-state index in [0.29, 0.717) is 5.56 Å². The molecule has 0 bridgehead atoms. The number of nitrogens with zero attached hydrogens (tertiary/aromatic N) is 1. The zero-order valence-corrected chi connectivity index (χ0v) is 17.4. The standard InChI is InChI=1S/C21H16ClF4N3O4/c22-13-5-11(6-14(23)9-13)10-27-19(31)33-20(32)3-4-29(18(20)30)15-1-2-16-12(7-15)8-17(28-16)21(24,25)26/h1-2,5-9,28,32H,3-4,10H2,(H,27,31). The van der Waals surface area contributed by atoms with Crippen LogP contribution >= 0.6 is 11.6 Å². The molecule has 1 atom stereocenters. The van der Waals surface area contributed by atoms with E-state index in [9.17, 15) is 32.3 Å². The minimum absolute atomic E-state index is 0.0375. The Bertz CT molecular complexity index is 1230. The monoisotopic (exact) mass is 485 g/mol. The summed E-state index contributed by atoms with van der Waals surface area (Å²) in [7, 11) is 0. The zero-order chi connectivity index (χ0) is 24.0. The second-order valence-electron chi connectivity index (χ2n) is 7.46. The second-order valence-corrected chi connectivity index (χ2v) is 7.90. The molecule has 4 rings (SSSR count). The van der Waals surface area contributed by atoms with Gasteiger partial charge in [0.1, 0.15) is 11.5 Å². The van der Waals surface area contributed by atoms with Crippen LogP contribution in [0.2, 0.25) is 5.02 Å². The van der Waals surface area contributed by atoms with Gasteiger partial charge in [0.05, 0.1) is 0 Å². The number of hydrogen-bond donors (Lipinski definition) is 3. The molecule has 0 aliphatic carbocycles. The molecule has 1 saturated heterocycles. The number of amides is 2. The van der Waals surface area contributed by atoms with E-state index in [1.54, 1.807) is 0 Å². The van der Waals surface area contributed by atoms with Gasteiger partial charge in [-0.1, -0.05) is 11.6 Å². The second kappa shape index (κ2) is 8.23. The van der Waals surface area contributed by atoms with E-state index in [-0.39, 0.29) is 41.1 Å². The summed E-state index contributed by atoms with van der Waals surface area (Å²) in [5.74, 6) is -4.01. The molecule has 1 unspecified atom stereocenters. The van der Waals surface area contributed by atoms with Crippen molar-refractivity contribution in [3.8, 4) is 0 Å². The minimum atomic E-state index is -4.55. The van der Waals surface area contributed by atoms with E-state index < -0.39 is 35.5 Å². The molecule has 174 valence electrons. The highest BCUT2D eigenvalue weighted by atomic mass is 35.5. The highest BCUT2D eigenvalue weighted by Gasteiger charge is 2.49. The Morgan fingerprint density at radius 3 is 2.70 bits per heavy atom. The Morgan fingerprint density at radius 1 is 1.24 bits per heavy atom. The maximum absolute atomic E-state index is 13.4. The topological polar surface area (TPSA) is 94.7 Å². The number of hydrogen-bond acceptors (Lipinski definition) is 4. The number of aromatic nitrogens is 1. The van der Waals surface area contributed by atoms with Crippen molar-refractivity contribution in [3.05, 3.63) is 64.6 Å². The number of alkyl halides is 3. The molecular formula is C21H16ClF4N3O4. The number of aromatic amines is 1. The van der Waals surface area contributed by atoms with Crippen LogP contribution in [0, 0.1) is 5.82 Å². The molecule has 2 aromatic carbocycles. The highest BCUT2D eigenvalue weighted by Crippen LogP contribution is 2.34. The van der Waals surface area contributed by atoms with Gasteiger partial charge in [-0.15, -0.1) is 0 Å². The molecule has 0 spiro atoms. The largest absolute Gasteiger partial charge is 0.431 e. The number of nitrogens with one attached hydrogen (secondary N) is 2. The number of anilines is 1. The third-order valence-corrected chi connectivity index (χ3v) is 5.31. The molecule has 33 heavy (non-hydrogen) atoms. The van der Waals surface area contributed by atoms with Crippen molar-refractivity contribution in [2.45, 2.75) is 24.9 Å². The molecule has 2 amide bonds. The normalized spacial score (nSPS) is 18.7. The molecular weight excluding hydrogens is 470 g/mol. The Balaban J connectivity index is 1.44. The van der Waals surface area contributed by atoms with E-state index in [4.69, 9.17) is 16.3 Å². The van der Waals surface area contributed by atoms with Gasteiger partial charge in [-0.25, -0.2) is 9.18 Å². The average molecular weight is 486 g/mol. The molecule has 2 heterocycles. The average Bonchev–Trinajstić information content (AvgIpc) is 3.27. The summed E-state index contributed by atoms with van der Waals surface area (Å²) in [6, 6.07) is 8.71. The van der Waals surface area contributed by atoms with Gasteiger partial charge in [0.15, 0.2) is 0 Å². The maximum Gasteiger partial charge on any atom is 0.431 e. The van der Waals surface area contributed by atoms with Crippen LogP contribution in [-0.2, 0) is 22.3 Å². The van der Waals surface area contributed by atoms with Crippen LogP contribution in [0.3, 0.4) is 0 Å². The number of fused-ring (bicyclic) bond motifs is 1. The third kappa shape index (κ3) is 4.74. The zero-order valence-electron chi connectivity index (χ0n) is 16.7. The number of benzene rings is 2. The Kier molecular flexibility index (Phi) is 5.71. The molecule has 1 fully saturated rings. The fourth-order valence-electron chi connectivity index (χ4n) is 3.54.